The van der Waals surface area contributed by atoms with Gasteiger partial charge in [-0.15, -0.1) is 0 Å². The Hall–Kier alpha value is 0.970. The third kappa shape index (κ3) is 13.0. The van der Waals surface area contributed by atoms with Crippen molar-refractivity contribution in [3.05, 3.63) is 0 Å². The summed E-state index contributed by atoms with van der Waals surface area (Å²) in [5, 5.41) is 0. The van der Waals surface area contributed by atoms with Gasteiger partial charge in [-0.1, -0.05) is 73.1 Å². The van der Waals surface area contributed by atoms with E-state index in [0.717, 1.165) is 49.5 Å². The number of nitrogens with zero attached hydrogens (tertiary/aromatic N) is 2. The summed E-state index contributed by atoms with van der Waals surface area (Å²) in [5.41, 5.74) is 2.66. The second-order valence-electron chi connectivity index (χ2n) is 12.1. The second kappa shape index (κ2) is 19.9. The standard InChI is InChI=1S/C30H58N2OSi.2BrH.Ni/c1-9-23-17-14-18-24(10-2)29(23)31-27(13-5)28(21-16-22-33-34(6,7)8)32-30-25(11-3)19-15-20-26(30)12-4;;;/h23-26,29-30H,9-22H2,1-8H3;2*1H;/q;;;+2/p-2. The van der Waals surface area contributed by atoms with Crippen molar-refractivity contribution in [2.75, 3.05) is 6.61 Å². The molecule has 222 valence electrons. The minimum absolute atomic E-state index is 0.490. The molecule has 2 aliphatic rings. The molecule has 0 aromatic heterocycles. The van der Waals surface area contributed by atoms with E-state index in [0.29, 0.717) is 12.1 Å². The molecule has 7 heteroatoms. The van der Waals surface area contributed by atoms with Gasteiger partial charge < -0.3 is 4.43 Å². The Morgan fingerprint density at radius 2 is 1.11 bits per heavy atom. The third-order valence-corrected chi connectivity index (χ3v) is 9.77. The molecule has 0 aromatic carbocycles. The first-order valence-corrected chi connectivity index (χ1v) is 23.6. The molecule has 0 saturated heterocycles. The normalized spacial score (nSPS) is 29.7. The molecule has 0 N–H and O–H groups in total. The summed E-state index contributed by atoms with van der Waals surface area (Å²) in [6, 6.07) is 0.987. The number of hydrogen-bond donors (Lipinski definition) is 0. The van der Waals surface area contributed by atoms with E-state index < -0.39 is 8.32 Å². The molecular formula is C30H58Br2N2NiOSi. The van der Waals surface area contributed by atoms with Gasteiger partial charge in [-0.3, -0.25) is 9.98 Å². The van der Waals surface area contributed by atoms with Gasteiger partial charge in [0.05, 0.1) is 23.5 Å². The molecule has 0 aromatic rings. The van der Waals surface area contributed by atoms with Crippen LogP contribution in [-0.2, 0) is 15.3 Å². The van der Waals surface area contributed by atoms with Gasteiger partial charge in [0, 0.05) is 6.61 Å². The van der Waals surface area contributed by atoms with Gasteiger partial charge in [-0.25, -0.2) is 0 Å². The number of halogens is 2. The molecule has 0 aliphatic heterocycles. The van der Waals surface area contributed by atoms with Gasteiger partial charge in [0.25, 0.3) is 0 Å². The molecule has 0 amide bonds. The van der Waals surface area contributed by atoms with Crippen molar-refractivity contribution >= 4 is 48.2 Å². The van der Waals surface area contributed by atoms with Crippen LogP contribution in [0.1, 0.15) is 118 Å². The van der Waals surface area contributed by atoms with Crippen LogP contribution in [0.5, 0.6) is 0 Å². The summed E-state index contributed by atoms with van der Waals surface area (Å²) in [6.07, 6.45) is 16.3. The number of aliphatic imine (C=N–C) groups is 2. The van der Waals surface area contributed by atoms with E-state index in [1.165, 1.54) is 86.5 Å². The summed E-state index contributed by atoms with van der Waals surface area (Å²) in [7, 11) is -0.224. The Balaban J connectivity index is 0.00000217. The fourth-order valence-corrected chi connectivity index (χ4v) is 7.33. The molecule has 2 fully saturated rings. The topological polar surface area (TPSA) is 34.0 Å². The summed E-state index contributed by atoms with van der Waals surface area (Å²) in [4.78, 5) is 11.3. The molecule has 0 bridgehead atoms. The third-order valence-electron chi connectivity index (χ3n) is 8.70. The second-order valence-corrected chi connectivity index (χ2v) is 21.6. The molecule has 2 aliphatic carbocycles. The predicted octanol–water partition coefficient (Wildman–Crippen LogP) is 10.8. The van der Waals surface area contributed by atoms with E-state index in [1.54, 1.807) is 0 Å². The Morgan fingerprint density at radius 1 is 0.730 bits per heavy atom. The van der Waals surface area contributed by atoms with Gasteiger partial charge in [0.2, 0.25) is 0 Å². The van der Waals surface area contributed by atoms with Crippen LogP contribution in [-0.4, -0.2) is 38.4 Å². The first-order valence-electron chi connectivity index (χ1n) is 15.3. The average Bonchev–Trinajstić information content (AvgIpc) is 2.88. The fraction of sp³-hybridized carbons (Fsp3) is 0.933. The minimum atomic E-state index is -1.47. The van der Waals surface area contributed by atoms with Crippen molar-refractivity contribution in [3.8, 4) is 0 Å². The van der Waals surface area contributed by atoms with Crippen LogP contribution in [0.15, 0.2) is 9.98 Å². The SMILES string of the molecule is CCC(=NC1C(CC)CCCC1CC)C(CCCO[Si](C)(C)C)=NC1C(CC)CCCC1CC.[Br][Ni][Br]. The number of hydrogen-bond acceptors (Lipinski definition) is 3. The summed E-state index contributed by atoms with van der Waals surface area (Å²) in [5.74, 6) is 2.98. The van der Waals surface area contributed by atoms with Gasteiger partial charge >= 0.3 is 39.3 Å². The Morgan fingerprint density at radius 3 is 1.43 bits per heavy atom. The predicted molar refractivity (Wildman–Crippen MR) is 172 cm³/mol. The molecule has 2 saturated carbocycles. The fourth-order valence-electron chi connectivity index (χ4n) is 6.57. The van der Waals surface area contributed by atoms with E-state index in [1.807, 2.05) is 0 Å². The van der Waals surface area contributed by atoms with Crippen LogP contribution in [0.4, 0.5) is 0 Å². The van der Waals surface area contributed by atoms with Crippen LogP contribution in [0.25, 0.3) is 0 Å². The van der Waals surface area contributed by atoms with E-state index in [2.05, 4.69) is 82.7 Å². The summed E-state index contributed by atoms with van der Waals surface area (Å²) in [6.45, 7) is 19.6. The van der Waals surface area contributed by atoms with Crippen LogP contribution in [0.2, 0.25) is 19.6 Å². The van der Waals surface area contributed by atoms with Crippen molar-refractivity contribution in [2.24, 2.45) is 33.7 Å². The van der Waals surface area contributed by atoms with Crippen molar-refractivity contribution in [2.45, 2.75) is 150 Å². The molecule has 2 rings (SSSR count). The van der Waals surface area contributed by atoms with Gasteiger partial charge in [0.1, 0.15) is 0 Å². The molecule has 0 radical (unpaired) electrons. The van der Waals surface area contributed by atoms with E-state index in [9.17, 15) is 0 Å². The van der Waals surface area contributed by atoms with Crippen LogP contribution in [0, 0.1) is 23.7 Å². The first-order chi connectivity index (χ1) is 17.7. The van der Waals surface area contributed by atoms with E-state index >= 15 is 0 Å². The van der Waals surface area contributed by atoms with E-state index in [-0.39, 0.29) is 0 Å². The molecule has 4 atom stereocenters. The molecule has 4 unspecified atom stereocenters. The maximum absolute atomic E-state index is 6.23. The molecule has 3 nitrogen and oxygen atoms in total. The Kier molecular flexibility index (Phi) is 19.4. The molecule has 0 heterocycles. The monoisotopic (exact) mass is 706 g/mol. The van der Waals surface area contributed by atoms with Crippen molar-refractivity contribution < 1.29 is 15.3 Å². The van der Waals surface area contributed by atoms with Gasteiger partial charge in [-0.05, 0) is 88.3 Å². The zero-order chi connectivity index (χ0) is 27.8. The first kappa shape index (κ1) is 36.0. The van der Waals surface area contributed by atoms with Gasteiger partial charge in [-0.2, -0.15) is 0 Å². The molecular weight excluding hydrogens is 651 g/mol. The van der Waals surface area contributed by atoms with Crippen LogP contribution < -0.4 is 0 Å². The van der Waals surface area contributed by atoms with E-state index in [4.69, 9.17) is 14.4 Å². The summed E-state index contributed by atoms with van der Waals surface area (Å²) >= 11 is 6.00. The van der Waals surface area contributed by atoms with Gasteiger partial charge in [0.15, 0.2) is 8.32 Å². The van der Waals surface area contributed by atoms with Crippen molar-refractivity contribution in [3.63, 3.8) is 0 Å². The van der Waals surface area contributed by atoms with Crippen LogP contribution in [0.3, 0.4) is 0 Å². The number of rotatable bonds is 13. The Bertz CT molecular complexity index is 646. The quantitative estimate of drug-likeness (QED) is 0.107. The molecule has 0 spiro atoms. The zero-order valence-electron chi connectivity index (χ0n) is 25.2. The Labute approximate surface area is 252 Å². The molecule has 37 heavy (non-hydrogen) atoms. The van der Waals surface area contributed by atoms with Crippen LogP contribution >= 0.6 is 28.5 Å². The van der Waals surface area contributed by atoms with Crippen molar-refractivity contribution in [1.82, 2.24) is 0 Å². The zero-order valence-corrected chi connectivity index (χ0v) is 30.4. The maximum atomic E-state index is 6.23. The average molecular weight is 709 g/mol. The summed E-state index contributed by atoms with van der Waals surface area (Å²) < 4.78 is 6.23. The van der Waals surface area contributed by atoms with Crippen molar-refractivity contribution in [1.29, 1.82) is 0 Å².